The molecular weight excluding hydrogens is 466 g/mol. The van der Waals surface area contributed by atoms with Gasteiger partial charge in [-0.25, -0.2) is 0 Å². The number of amides is 2. The van der Waals surface area contributed by atoms with Crippen molar-refractivity contribution in [1.29, 1.82) is 0 Å². The zero-order valence-electron chi connectivity index (χ0n) is 17.2. The number of nitrogens with zero attached hydrogens (tertiary/aromatic N) is 1. The average molecular weight is 490 g/mol. The van der Waals surface area contributed by atoms with Gasteiger partial charge in [-0.15, -0.1) is 0 Å². The molecule has 7 heteroatoms. The molecule has 0 bridgehead atoms. The van der Waals surface area contributed by atoms with E-state index < -0.39 is 0 Å². The van der Waals surface area contributed by atoms with E-state index in [0.717, 1.165) is 33.8 Å². The number of hydrogen-bond donors (Lipinski definition) is 0. The fraction of sp³-hybridized carbons (Fsp3) is 0.304. The number of thioether (sulfide) groups is 1. The molecule has 158 valence electrons. The molecule has 2 aromatic rings. The molecule has 1 fully saturated rings. The summed E-state index contributed by atoms with van der Waals surface area (Å²) in [6, 6.07) is 13.1. The maximum absolute atomic E-state index is 12.8. The summed E-state index contributed by atoms with van der Waals surface area (Å²) in [7, 11) is 0. The van der Waals surface area contributed by atoms with Crippen molar-refractivity contribution >= 4 is 44.9 Å². The highest BCUT2D eigenvalue weighted by Crippen LogP contribution is 2.35. The standard InChI is InChI=1S/C23H24BrNO4S/c1-4-15(3)29-19-11-8-17(12-20(19)28-5-2)13-21-22(26)25(23(27)30-21)14-16-6-9-18(24)10-7-16/h6-13,15H,4-5,14H2,1-3H3/b21-13+/t15-/m1/s1. The third-order valence-electron chi connectivity index (χ3n) is 4.60. The predicted molar refractivity (Wildman–Crippen MR) is 124 cm³/mol. The molecule has 1 saturated heterocycles. The molecule has 0 N–H and O–H groups in total. The van der Waals surface area contributed by atoms with Crippen LogP contribution in [-0.4, -0.2) is 28.8 Å². The Kier molecular flexibility index (Phi) is 7.61. The van der Waals surface area contributed by atoms with Crippen LogP contribution in [0.2, 0.25) is 0 Å². The molecule has 1 atom stereocenters. The molecule has 30 heavy (non-hydrogen) atoms. The van der Waals surface area contributed by atoms with Gasteiger partial charge in [0.05, 0.1) is 24.2 Å². The van der Waals surface area contributed by atoms with Gasteiger partial charge in [-0.1, -0.05) is 41.1 Å². The number of hydrogen-bond acceptors (Lipinski definition) is 5. The fourth-order valence-electron chi connectivity index (χ4n) is 2.84. The van der Waals surface area contributed by atoms with Gasteiger partial charge < -0.3 is 9.47 Å². The van der Waals surface area contributed by atoms with E-state index >= 15 is 0 Å². The highest BCUT2D eigenvalue weighted by molar-refractivity contribution is 9.10. The van der Waals surface area contributed by atoms with Gasteiger partial charge in [0.25, 0.3) is 11.1 Å². The SMILES string of the molecule is CCOc1cc(/C=C2/SC(=O)N(Cc3ccc(Br)cc3)C2=O)ccc1O[C@H](C)CC. The Bertz CT molecular complexity index is 958. The molecule has 1 aliphatic heterocycles. The highest BCUT2D eigenvalue weighted by atomic mass is 79.9. The number of halogens is 1. The molecule has 0 saturated carbocycles. The summed E-state index contributed by atoms with van der Waals surface area (Å²) >= 11 is 4.34. The Hall–Kier alpha value is -2.25. The third kappa shape index (κ3) is 5.46. The lowest BCUT2D eigenvalue weighted by molar-refractivity contribution is -0.123. The first-order valence-electron chi connectivity index (χ1n) is 9.84. The summed E-state index contributed by atoms with van der Waals surface area (Å²) in [5, 5.41) is -0.268. The highest BCUT2D eigenvalue weighted by Gasteiger charge is 2.35. The molecule has 0 aliphatic carbocycles. The van der Waals surface area contributed by atoms with Gasteiger partial charge >= 0.3 is 0 Å². The first-order valence-corrected chi connectivity index (χ1v) is 11.5. The number of imide groups is 1. The van der Waals surface area contributed by atoms with E-state index in [2.05, 4.69) is 22.9 Å². The van der Waals surface area contributed by atoms with Crippen LogP contribution in [0.1, 0.15) is 38.3 Å². The van der Waals surface area contributed by atoms with Gasteiger partial charge in [-0.05, 0) is 73.5 Å². The van der Waals surface area contributed by atoms with Crippen LogP contribution in [0.5, 0.6) is 11.5 Å². The summed E-state index contributed by atoms with van der Waals surface area (Å²) in [5.41, 5.74) is 1.68. The minimum atomic E-state index is -0.286. The summed E-state index contributed by atoms with van der Waals surface area (Å²) in [4.78, 5) is 26.9. The van der Waals surface area contributed by atoms with Crippen molar-refractivity contribution < 1.29 is 19.1 Å². The van der Waals surface area contributed by atoms with Gasteiger partial charge in [0, 0.05) is 4.47 Å². The van der Waals surface area contributed by atoms with Gasteiger partial charge in [0.2, 0.25) is 0 Å². The average Bonchev–Trinajstić information content (AvgIpc) is 2.99. The van der Waals surface area contributed by atoms with Crippen molar-refractivity contribution in [1.82, 2.24) is 4.90 Å². The van der Waals surface area contributed by atoms with Crippen LogP contribution in [0.3, 0.4) is 0 Å². The Morgan fingerprint density at radius 3 is 2.50 bits per heavy atom. The largest absolute Gasteiger partial charge is 0.490 e. The topological polar surface area (TPSA) is 55.8 Å². The lowest BCUT2D eigenvalue weighted by Gasteiger charge is -2.16. The summed E-state index contributed by atoms with van der Waals surface area (Å²) in [6.45, 7) is 6.73. The minimum absolute atomic E-state index is 0.0742. The second kappa shape index (κ2) is 10.2. The zero-order valence-corrected chi connectivity index (χ0v) is 19.6. The molecule has 5 nitrogen and oxygen atoms in total. The van der Waals surface area contributed by atoms with Gasteiger partial charge in [0.15, 0.2) is 11.5 Å². The molecule has 1 heterocycles. The van der Waals surface area contributed by atoms with E-state index in [1.807, 2.05) is 56.3 Å². The van der Waals surface area contributed by atoms with Crippen LogP contribution in [0.15, 0.2) is 51.8 Å². The van der Waals surface area contributed by atoms with Crippen LogP contribution in [-0.2, 0) is 11.3 Å². The summed E-state index contributed by atoms with van der Waals surface area (Å²) in [6.07, 6.45) is 2.69. The van der Waals surface area contributed by atoms with Crippen molar-refractivity contribution in [3.05, 3.63) is 63.0 Å². The second-order valence-corrected chi connectivity index (χ2v) is 8.78. The van der Waals surface area contributed by atoms with E-state index in [9.17, 15) is 9.59 Å². The lowest BCUT2D eigenvalue weighted by Crippen LogP contribution is -2.27. The molecular formula is C23H24BrNO4S. The Morgan fingerprint density at radius 1 is 1.10 bits per heavy atom. The predicted octanol–water partition coefficient (Wildman–Crippen LogP) is 6.26. The van der Waals surface area contributed by atoms with Gasteiger partial charge in [0.1, 0.15) is 0 Å². The minimum Gasteiger partial charge on any atom is -0.490 e. The number of benzene rings is 2. The second-order valence-electron chi connectivity index (χ2n) is 6.87. The van der Waals surface area contributed by atoms with E-state index in [0.29, 0.717) is 23.0 Å². The number of carbonyl (C=O) groups excluding carboxylic acids is 2. The van der Waals surface area contributed by atoms with E-state index in [1.165, 1.54) is 4.90 Å². The lowest BCUT2D eigenvalue weighted by atomic mass is 10.1. The Balaban J connectivity index is 1.80. The third-order valence-corrected chi connectivity index (χ3v) is 6.03. The van der Waals surface area contributed by atoms with Crippen molar-refractivity contribution in [3.63, 3.8) is 0 Å². The molecule has 2 amide bonds. The van der Waals surface area contributed by atoms with E-state index in [4.69, 9.17) is 9.47 Å². The van der Waals surface area contributed by atoms with Crippen LogP contribution in [0, 0.1) is 0 Å². The number of ether oxygens (including phenoxy) is 2. The molecule has 0 aromatic heterocycles. The number of carbonyl (C=O) groups is 2. The quantitative estimate of drug-likeness (QED) is 0.409. The van der Waals surface area contributed by atoms with E-state index in [1.54, 1.807) is 6.08 Å². The maximum atomic E-state index is 12.8. The Labute approximate surface area is 189 Å². The molecule has 2 aromatic carbocycles. The maximum Gasteiger partial charge on any atom is 0.293 e. The Morgan fingerprint density at radius 2 is 1.83 bits per heavy atom. The van der Waals surface area contributed by atoms with E-state index in [-0.39, 0.29) is 23.8 Å². The van der Waals surface area contributed by atoms with Gasteiger partial charge in [-0.3, -0.25) is 14.5 Å². The smallest absolute Gasteiger partial charge is 0.293 e. The van der Waals surface area contributed by atoms with Crippen molar-refractivity contribution in [2.75, 3.05) is 6.61 Å². The van der Waals surface area contributed by atoms with Crippen LogP contribution in [0.25, 0.3) is 6.08 Å². The molecule has 1 aliphatic rings. The van der Waals surface area contributed by atoms with Crippen LogP contribution >= 0.6 is 27.7 Å². The normalized spacial score (nSPS) is 16.3. The molecule has 0 radical (unpaired) electrons. The van der Waals surface area contributed by atoms with Crippen molar-refractivity contribution in [2.45, 2.75) is 39.8 Å². The molecule has 0 unspecified atom stereocenters. The van der Waals surface area contributed by atoms with Gasteiger partial charge in [-0.2, -0.15) is 0 Å². The number of rotatable bonds is 8. The first-order chi connectivity index (χ1) is 14.4. The van der Waals surface area contributed by atoms with Crippen molar-refractivity contribution in [2.24, 2.45) is 0 Å². The summed E-state index contributed by atoms with van der Waals surface area (Å²) in [5.74, 6) is 1.01. The summed E-state index contributed by atoms with van der Waals surface area (Å²) < 4.78 is 12.6. The van der Waals surface area contributed by atoms with Crippen LogP contribution < -0.4 is 9.47 Å². The van der Waals surface area contributed by atoms with Crippen molar-refractivity contribution in [3.8, 4) is 11.5 Å². The fourth-order valence-corrected chi connectivity index (χ4v) is 3.94. The van der Waals surface area contributed by atoms with Crippen LogP contribution in [0.4, 0.5) is 4.79 Å². The zero-order chi connectivity index (χ0) is 21.7. The molecule has 3 rings (SSSR count). The molecule has 0 spiro atoms. The monoisotopic (exact) mass is 489 g/mol. The first kappa shape index (κ1) is 22.4.